The van der Waals surface area contributed by atoms with Crippen LogP contribution in [0.15, 0.2) is 24.3 Å². The van der Waals surface area contributed by atoms with Crippen LogP contribution in [0.25, 0.3) is 0 Å². The second-order valence-electron chi connectivity index (χ2n) is 4.86. The summed E-state index contributed by atoms with van der Waals surface area (Å²) in [5.74, 6) is 1.17. The fourth-order valence-corrected chi connectivity index (χ4v) is 5.14. The number of benzene rings is 1. The molecule has 0 aromatic heterocycles. The van der Waals surface area contributed by atoms with Gasteiger partial charge in [0.1, 0.15) is 0 Å². The monoisotopic (exact) mass is 267 g/mol. The number of hydrogen-bond donors (Lipinski definition) is 1. The van der Waals surface area contributed by atoms with Crippen molar-refractivity contribution in [2.24, 2.45) is 5.73 Å². The van der Waals surface area contributed by atoms with Crippen molar-refractivity contribution in [2.75, 3.05) is 5.75 Å². The quantitative estimate of drug-likeness (QED) is 0.886. The van der Waals surface area contributed by atoms with E-state index in [4.69, 9.17) is 5.73 Å². The molecule has 17 heavy (non-hydrogen) atoms. The molecule has 1 aliphatic heterocycles. The summed E-state index contributed by atoms with van der Waals surface area (Å²) >= 11 is 4.12. The lowest BCUT2D eigenvalue weighted by molar-refractivity contribution is 0.707. The molecule has 1 aromatic rings. The van der Waals surface area contributed by atoms with Crippen LogP contribution in [0, 0.1) is 6.92 Å². The molecule has 1 heterocycles. The lowest BCUT2D eigenvalue weighted by Crippen LogP contribution is -2.34. The number of aryl methyl sites for hydroxylation is 1. The van der Waals surface area contributed by atoms with Crippen molar-refractivity contribution in [1.29, 1.82) is 0 Å². The highest BCUT2D eigenvalue weighted by molar-refractivity contribution is 8.07. The minimum atomic E-state index is 0.169. The Morgan fingerprint density at radius 3 is 2.71 bits per heavy atom. The molecule has 94 valence electrons. The van der Waals surface area contributed by atoms with Gasteiger partial charge in [-0.25, -0.2) is 0 Å². The van der Waals surface area contributed by atoms with Crippen molar-refractivity contribution in [2.45, 2.75) is 42.6 Å². The van der Waals surface area contributed by atoms with E-state index >= 15 is 0 Å². The topological polar surface area (TPSA) is 26.0 Å². The standard InChI is InChI=1S/C14H21NS2/c1-9-5-4-6-12(7-9)14(15)13-8-16-10(2)11(3)17-13/h4-7,10-11,13-14H,8,15H2,1-3H3. The molecule has 4 unspecified atom stereocenters. The van der Waals surface area contributed by atoms with Gasteiger partial charge in [0.05, 0.1) is 0 Å². The van der Waals surface area contributed by atoms with Gasteiger partial charge in [-0.2, -0.15) is 23.5 Å². The maximum Gasteiger partial charge on any atom is 0.0423 e. The molecular formula is C14H21NS2. The number of hydrogen-bond acceptors (Lipinski definition) is 3. The summed E-state index contributed by atoms with van der Waals surface area (Å²) in [6.45, 7) is 6.76. The fourth-order valence-electron chi connectivity index (χ4n) is 2.09. The minimum absolute atomic E-state index is 0.169. The molecule has 3 heteroatoms. The third kappa shape index (κ3) is 3.21. The van der Waals surface area contributed by atoms with Gasteiger partial charge < -0.3 is 5.73 Å². The maximum absolute atomic E-state index is 6.41. The third-order valence-corrected chi connectivity index (χ3v) is 6.92. The van der Waals surface area contributed by atoms with Crippen molar-refractivity contribution in [3.63, 3.8) is 0 Å². The van der Waals surface area contributed by atoms with Gasteiger partial charge in [-0.05, 0) is 12.5 Å². The Kier molecular flexibility index (Phi) is 4.45. The van der Waals surface area contributed by atoms with E-state index in [1.807, 2.05) is 0 Å². The van der Waals surface area contributed by atoms with Crippen LogP contribution in [0.5, 0.6) is 0 Å². The van der Waals surface area contributed by atoms with Gasteiger partial charge in [0.25, 0.3) is 0 Å². The summed E-state index contributed by atoms with van der Waals surface area (Å²) < 4.78 is 0. The molecule has 4 atom stereocenters. The number of nitrogens with two attached hydrogens (primary N) is 1. The van der Waals surface area contributed by atoms with E-state index in [2.05, 4.69) is 68.6 Å². The normalized spacial score (nSPS) is 31.2. The van der Waals surface area contributed by atoms with Crippen molar-refractivity contribution in [3.8, 4) is 0 Å². The molecule has 2 N–H and O–H groups in total. The first kappa shape index (κ1) is 13.3. The Bertz CT molecular complexity index is 380. The first-order valence-corrected chi connectivity index (χ1v) is 8.16. The summed E-state index contributed by atoms with van der Waals surface area (Å²) in [6.07, 6.45) is 0. The average molecular weight is 267 g/mol. The van der Waals surface area contributed by atoms with Crippen LogP contribution in [0.3, 0.4) is 0 Å². The fraction of sp³-hybridized carbons (Fsp3) is 0.571. The molecule has 1 fully saturated rings. The molecule has 0 bridgehead atoms. The molecule has 1 saturated heterocycles. The molecular weight excluding hydrogens is 246 g/mol. The Morgan fingerprint density at radius 1 is 1.29 bits per heavy atom. The Labute approximate surface area is 113 Å². The highest BCUT2D eigenvalue weighted by Crippen LogP contribution is 2.40. The second kappa shape index (κ2) is 5.68. The van der Waals surface area contributed by atoms with Gasteiger partial charge in [0.15, 0.2) is 0 Å². The first-order valence-electron chi connectivity index (χ1n) is 6.17. The molecule has 0 radical (unpaired) electrons. The van der Waals surface area contributed by atoms with Gasteiger partial charge in [0, 0.05) is 27.5 Å². The molecule has 0 spiro atoms. The van der Waals surface area contributed by atoms with Crippen molar-refractivity contribution in [3.05, 3.63) is 35.4 Å². The average Bonchev–Trinajstić information content (AvgIpc) is 2.32. The maximum atomic E-state index is 6.41. The zero-order chi connectivity index (χ0) is 12.4. The smallest absolute Gasteiger partial charge is 0.0423 e. The molecule has 0 saturated carbocycles. The highest BCUT2D eigenvalue weighted by Gasteiger charge is 2.30. The Balaban J connectivity index is 2.07. The largest absolute Gasteiger partial charge is 0.323 e. The van der Waals surface area contributed by atoms with E-state index in [0.717, 1.165) is 5.25 Å². The van der Waals surface area contributed by atoms with E-state index < -0.39 is 0 Å². The molecule has 1 aromatic carbocycles. The van der Waals surface area contributed by atoms with Crippen LogP contribution in [0.4, 0.5) is 0 Å². The van der Waals surface area contributed by atoms with Crippen LogP contribution in [-0.2, 0) is 0 Å². The molecule has 2 rings (SSSR count). The predicted molar refractivity (Wildman–Crippen MR) is 80.9 cm³/mol. The van der Waals surface area contributed by atoms with E-state index in [1.54, 1.807) is 0 Å². The van der Waals surface area contributed by atoms with Gasteiger partial charge in [-0.15, -0.1) is 0 Å². The van der Waals surface area contributed by atoms with Crippen molar-refractivity contribution >= 4 is 23.5 Å². The van der Waals surface area contributed by atoms with E-state index in [-0.39, 0.29) is 6.04 Å². The van der Waals surface area contributed by atoms with Gasteiger partial charge in [0.2, 0.25) is 0 Å². The lowest BCUT2D eigenvalue weighted by atomic mass is 10.0. The van der Waals surface area contributed by atoms with Crippen LogP contribution in [0.1, 0.15) is 31.0 Å². The van der Waals surface area contributed by atoms with E-state index in [9.17, 15) is 0 Å². The molecule has 1 aliphatic rings. The second-order valence-corrected chi connectivity index (χ2v) is 7.89. The Hall–Kier alpha value is -0.120. The molecule has 0 amide bonds. The third-order valence-electron chi connectivity index (χ3n) is 3.40. The number of rotatable bonds is 2. The van der Waals surface area contributed by atoms with Crippen molar-refractivity contribution in [1.82, 2.24) is 0 Å². The van der Waals surface area contributed by atoms with Gasteiger partial charge in [-0.3, -0.25) is 0 Å². The molecule has 0 aliphatic carbocycles. The predicted octanol–water partition coefficient (Wildman–Crippen LogP) is 3.62. The van der Waals surface area contributed by atoms with Gasteiger partial charge in [-0.1, -0.05) is 43.7 Å². The summed E-state index contributed by atoms with van der Waals surface area (Å²) in [4.78, 5) is 0. The Morgan fingerprint density at radius 2 is 2.06 bits per heavy atom. The molecule has 1 nitrogen and oxygen atoms in total. The lowest BCUT2D eigenvalue weighted by Gasteiger charge is -2.34. The number of thioether (sulfide) groups is 2. The van der Waals surface area contributed by atoms with Crippen LogP contribution in [0.2, 0.25) is 0 Å². The van der Waals surface area contributed by atoms with Crippen LogP contribution in [-0.4, -0.2) is 21.5 Å². The van der Waals surface area contributed by atoms with Gasteiger partial charge >= 0.3 is 0 Å². The summed E-state index contributed by atoms with van der Waals surface area (Å²) in [5, 5.41) is 2.00. The van der Waals surface area contributed by atoms with Crippen LogP contribution >= 0.6 is 23.5 Å². The van der Waals surface area contributed by atoms with E-state index in [1.165, 1.54) is 16.9 Å². The zero-order valence-corrected chi connectivity index (χ0v) is 12.4. The highest BCUT2D eigenvalue weighted by atomic mass is 32.2. The van der Waals surface area contributed by atoms with Crippen molar-refractivity contribution < 1.29 is 0 Å². The zero-order valence-electron chi connectivity index (χ0n) is 10.7. The summed E-state index contributed by atoms with van der Waals surface area (Å²) in [6, 6.07) is 8.79. The summed E-state index contributed by atoms with van der Waals surface area (Å²) in [5.41, 5.74) is 8.99. The summed E-state index contributed by atoms with van der Waals surface area (Å²) in [7, 11) is 0. The first-order chi connectivity index (χ1) is 8.08. The minimum Gasteiger partial charge on any atom is -0.323 e. The van der Waals surface area contributed by atoms with E-state index in [0.29, 0.717) is 10.5 Å². The SMILES string of the molecule is Cc1cccc(C(N)C2CSC(C)C(C)S2)c1. The van der Waals surface area contributed by atoms with Crippen LogP contribution < -0.4 is 5.73 Å².